The summed E-state index contributed by atoms with van der Waals surface area (Å²) in [5, 5.41) is 21.1. The van der Waals surface area contributed by atoms with Gasteiger partial charge in [0, 0.05) is 12.1 Å². The molecule has 5 nitrogen and oxygen atoms in total. The molecule has 0 bridgehead atoms. The van der Waals surface area contributed by atoms with Gasteiger partial charge in [-0.2, -0.15) is 0 Å². The van der Waals surface area contributed by atoms with Crippen molar-refractivity contribution < 1.29 is 19.7 Å². The highest BCUT2D eigenvalue weighted by atomic mass is 16.5. The summed E-state index contributed by atoms with van der Waals surface area (Å²) in [6, 6.07) is 6.87. The van der Waals surface area contributed by atoms with Gasteiger partial charge >= 0.3 is 0 Å². The van der Waals surface area contributed by atoms with Crippen LogP contribution in [0.4, 0.5) is 0 Å². The molecule has 3 N–H and O–H groups in total. The fourth-order valence-electron chi connectivity index (χ4n) is 1.42. The Morgan fingerprint density at radius 1 is 1.45 bits per heavy atom. The fourth-order valence-corrected chi connectivity index (χ4v) is 1.42. The predicted molar refractivity (Wildman–Crippen MR) is 76.8 cm³/mol. The molecule has 1 amide bonds. The first-order valence-corrected chi connectivity index (χ1v) is 6.68. The Bertz CT molecular complexity index is 443. The van der Waals surface area contributed by atoms with Crippen molar-refractivity contribution in [2.45, 2.75) is 26.4 Å². The zero-order valence-electron chi connectivity index (χ0n) is 12.2. The van der Waals surface area contributed by atoms with Crippen LogP contribution in [0.1, 0.15) is 31.1 Å². The number of hydrogen-bond acceptors (Lipinski definition) is 4. The van der Waals surface area contributed by atoms with Crippen LogP contribution >= 0.6 is 0 Å². The molecule has 0 saturated heterocycles. The predicted octanol–water partition coefficient (Wildman–Crippen LogP) is 1.19. The topological polar surface area (TPSA) is 78.8 Å². The average Bonchev–Trinajstić information content (AvgIpc) is 2.43. The Balaban J connectivity index is 2.62. The van der Waals surface area contributed by atoms with E-state index in [1.165, 1.54) is 6.92 Å². The average molecular weight is 281 g/mol. The molecule has 1 atom stereocenters. The highest BCUT2D eigenvalue weighted by Gasteiger charge is 2.20. The first-order valence-electron chi connectivity index (χ1n) is 6.68. The molecule has 1 unspecified atom stereocenters. The van der Waals surface area contributed by atoms with Gasteiger partial charge < -0.3 is 20.3 Å². The molecule has 0 saturated carbocycles. The summed E-state index contributed by atoms with van der Waals surface area (Å²) in [6.45, 7) is 5.71. The molecule has 0 spiro atoms. The lowest BCUT2D eigenvalue weighted by molar-refractivity contribution is 0.00320. The number of aliphatic hydroxyl groups is 2. The Morgan fingerprint density at radius 2 is 2.15 bits per heavy atom. The quantitative estimate of drug-likeness (QED) is 0.701. The van der Waals surface area contributed by atoms with Crippen LogP contribution in [-0.4, -0.2) is 41.5 Å². The van der Waals surface area contributed by atoms with Crippen molar-refractivity contribution in [1.29, 1.82) is 0 Å². The molecule has 0 aliphatic carbocycles. The SMILES string of the molecule is CC(C)COc1cccc(C(=O)NCC(C)(O)CO)c1. The molecule has 112 valence electrons. The molecule has 20 heavy (non-hydrogen) atoms. The summed E-state index contributed by atoms with van der Waals surface area (Å²) >= 11 is 0. The van der Waals surface area contributed by atoms with E-state index in [0.29, 0.717) is 23.8 Å². The van der Waals surface area contributed by atoms with Crippen LogP contribution in [0.5, 0.6) is 5.75 Å². The summed E-state index contributed by atoms with van der Waals surface area (Å²) in [5.41, 5.74) is -0.860. The van der Waals surface area contributed by atoms with Gasteiger partial charge in [0.15, 0.2) is 0 Å². The van der Waals surface area contributed by atoms with Gasteiger partial charge in [0.1, 0.15) is 11.4 Å². The number of nitrogens with one attached hydrogen (secondary N) is 1. The minimum Gasteiger partial charge on any atom is -0.493 e. The monoisotopic (exact) mass is 281 g/mol. The van der Waals surface area contributed by atoms with Crippen LogP contribution in [0.3, 0.4) is 0 Å². The van der Waals surface area contributed by atoms with Crippen LogP contribution in [0.2, 0.25) is 0 Å². The number of carbonyl (C=O) groups is 1. The molecular formula is C15H23NO4. The third-order valence-electron chi connectivity index (χ3n) is 2.65. The van der Waals surface area contributed by atoms with Crippen molar-refractivity contribution in [1.82, 2.24) is 5.32 Å². The first kappa shape index (κ1) is 16.5. The lowest BCUT2D eigenvalue weighted by atomic mass is 10.1. The van der Waals surface area contributed by atoms with Crippen molar-refractivity contribution in [3.05, 3.63) is 29.8 Å². The van der Waals surface area contributed by atoms with E-state index in [9.17, 15) is 9.90 Å². The van der Waals surface area contributed by atoms with E-state index in [0.717, 1.165) is 0 Å². The van der Waals surface area contributed by atoms with Gasteiger partial charge in [0.05, 0.1) is 13.2 Å². The fraction of sp³-hybridized carbons (Fsp3) is 0.533. The molecular weight excluding hydrogens is 258 g/mol. The number of carbonyl (C=O) groups excluding carboxylic acids is 1. The molecule has 0 aromatic heterocycles. The van der Waals surface area contributed by atoms with Crippen LogP contribution < -0.4 is 10.1 Å². The first-order chi connectivity index (χ1) is 9.34. The maximum atomic E-state index is 11.9. The Morgan fingerprint density at radius 3 is 2.75 bits per heavy atom. The molecule has 1 rings (SSSR count). The Kier molecular flexibility index (Phi) is 5.98. The largest absolute Gasteiger partial charge is 0.493 e. The van der Waals surface area contributed by atoms with E-state index in [4.69, 9.17) is 9.84 Å². The smallest absolute Gasteiger partial charge is 0.251 e. The molecule has 0 aliphatic rings. The van der Waals surface area contributed by atoms with E-state index in [-0.39, 0.29) is 12.5 Å². The zero-order valence-corrected chi connectivity index (χ0v) is 12.2. The molecule has 1 aromatic carbocycles. The number of hydrogen-bond donors (Lipinski definition) is 3. The number of rotatable bonds is 7. The van der Waals surface area contributed by atoms with Crippen molar-refractivity contribution >= 4 is 5.91 Å². The molecule has 5 heteroatoms. The second kappa shape index (κ2) is 7.26. The summed E-state index contributed by atoms with van der Waals surface area (Å²) in [7, 11) is 0. The van der Waals surface area contributed by atoms with E-state index >= 15 is 0 Å². The van der Waals surface area contributed by atoms with E-state index in [2.05, 4.69) is 5.32 Å². The van der Waals surface area contributed by atoms with Crippen LogP contribution in [0.25, 0.3) is 0 Å². The number of ether oxygens (including phenoxy) is 1. The zero-order chi connectivity index (χ0) is 15.2. The number of benzene rings is 1. The normalized spacial score (nSPS) is 13.9. The summed E-state index contributed by atoms with van der Waals surface area (Å²) in [4.78, 5) is 11.9. The van der Waals surface area contributed by atoms with Crippen molar-refractivity contribution in [3.8, 4) is 5.75 Å². The summed E-state index contributed by atoms with van der Waals surface area (Å²) < 4.78 is 5.56. The van der Waals surface area contributed by atoms with Gasteiger partial charge in [-0.05, 0) is 31.0 Å². The maximum absolute atomic E-state index is 11.9. The van der Waals surface area contributed by atoms with Crippen LogP contribution in [-0.2, 0) is 0 Å². The van der Waals surface area contributed by atoms with E-state index in [1.54, 1.807) is 24.3 Å². The lowest BCUT2D eigenvalue weighted by Gasteiger charge is -2.20. The molecule has 0 heterocycles. The number of amides is 1. The number of aliphatic hydroxyl groups excluding tert-OH is 1. The second-order valence-corrected chi connectivity index (χ2v) is 5.57. The summed E-state index contributed by atoms with van der Waals surface area (Å²) in [6.07, 6.45) is 0. The third kappa shape index (κ3) is 5.59. The third-order valence-corrected chi connectivity index (χ3v) is 2.65. The van der Waals surface area contributed by atoms with Gasteiger partial charge in [-0.1, -0.05) is 19.9 Å². The van der Waals surface area contributed by atoms with Crippen LogP contribution in [0, 0.1) is 5.92 Å². The maximum Gasteiger partial charge on any atom is 0.251 e. The lowest BCUT2D eigenvalue weighted by Crippen LogP contribution is -2.43. The minimum absolute atomic E-state index is 0.0145. The molecule has 1 aromatic rings. The van der Waals surface area contributed by atoms with Gasteiger partial charge in [0.2, 0.25) is 0 Å². The molecule has 0 fully saturated rings. The van der Waals surface area contributed by atoms with Crippen molar-refractivity contribution in [2.75, 3.05) is 19.8 Å². The minimum atomic E-state index is -1.32. The van der Waals surface area contributed by atoms with Crippen molar-refractivity contribution in [3.63, 3.8) is 0 Å². The standard InChI is InChI=1S/C15H23NO4/c1-11(2)8-20-13-6-4-5-12(7-13)14(18)16-9-15(3,19)10-17/h4-7,11,17,19H,8-10H2,1-3H3,(H,16,18). The van der Waals surface area contributed by atoms with Gasteiger partial charge in [-0.25, -0.2) is 0 Å². The molecule has 0 aliphatic heterocycles. The van der Waals surface area contributed by atoms with Crippen molar-refractivity contribution in [2.24, 2.45) is 5.92 Å². The van der Waals surface area contributed by atoms with Gasteiger partial charge in [0.25, 0.3) is 5.91 Å². The van der Waals surface area contributed by atoms with Gasteiger partial charge in [-0.15, -0.1) is 0 Å². The summed E-state index contributed by atoms with van der Waals surface area (Å²) in [5.74, 6) is 0.737. The van der Waals surface area contributed by atoms with Gasteiger partial charge in [-0.3, -0.25) is 4.79 Å². The second-order valence-electron chi connectivity index (χ2n) is 5.57. The van der Waals surface area contributed by atoms with E-state index < -0.39 is 12.2 Å². The van der Waals surface area contributed by atoms with Crippen LogP contribution in [0.15, 0.2) is 24.3 Å². The Labute approximate surface area is 119 Å². The highest BCUT2D eigenvalue weighted by Crippen LogP contribution is 2.14. The molecule has 0 radical (unpaired) electrons. The van der Waals surface area contributed by atoms with E-state index in [1.807, 2.05) is 13.8 Å². The highest BCUT2D eigenvalue weighted by molar-refractivity contribution is 5.94. The Hall–Kier alpha value is -1.59.